The highest BCUT2D eigenvalue weighted by Crippen LogP contribution is 2.24. The Balaban J connectivity index is 1.59. The topological polar surface area (TPSA) is 75.7 Å². The number of fused-ring (bicyclic) bond motifs is 1. The summed E-state index contributed by atoms with van der Waals surface area (Å²) in [5, 5.41) is 5.30. The lowest BCUT2D eigenvalue weighted by Crippen LogP contribution is -2.48. The fourth-order valence-electron chi connectivity index (χ4n) is 3.17. The summed E-state index contributed by atoms with van der Waals surface area (Å²) < 4.78 is 31.3. The van der Waals surface area contributed by atoms with Crippen molar-refractivity contribution in [2.75, 3.05) is 23.7 Å². The van der Waals surface area contributed by atoms with Gasteiger partial charge in [0.15, 0.2) is 0 Å². The van der Waals surface area contributed by atoms with Crippen molar-refractivity contribution < 1.29 is 17.9 Å². The molecule has 3 aromatic carbocycles. The highest BCUT2D eigenvalue weighted by Gasteiger charge is 2.29. The Kier molecular flexibility index (Phi) is 6.84. The largest absolute Gasteiger partial charge is 0.492 e. The Labute approximate surface area is 181 Å². The molecule has 0 heterocycles. The maximum Gasteiger partial charge on any atom is 0.243 e. The molecule has 0 spiro atoms. The van der Waals surface area contributed by atoms with E-state index in [1.165, 1.54) is 13.0 Å². The van der Waals surface area contributed by atoms with Gasteiger partial charge in [-0.15, -0.1) is 0 Å². The molecule has 8 heteroatoms. The second-order valence-corrected chi connectivity index (χ2v) is 9.16. The normalized spacial score (nSPS) is 12.4. The maximum atomic E-state index is 12.6. The first kappa shape index (κ1) is 21.9. The number of amides is 1. The monoisotopic (exact) mass is 446 g/mol. The molecule has 1 N–H and O–H groups in total. The molecule has 3 rings (SSSR count). The number of carbonyl (C=O) groups is 1. The Morgan fingerprint density at radius 1 is 1.07 bits per heavy atom. The van der Waals surface area contributed by atoms with Gasteiger partial charge in [-0.1, -0.05) is 48.0 Å². The summed E-state index contributed by atoms with van der Waals surface area (Å²) >= 11 is 5.98. The highest BCUT2D eigenvalue weighted by atomic mass is 35.5. The highest BCUT2D eigenvalue weighted by molar-refractivity contribution is 7.92. The van der Waals surface area contributed by atoms with Crippen LogP contribution in [-0.2, 0) is 14.8 Å². The van der Waals surface area contributed by atoms with Crippen LogP contribution in [0.3, 0.4) is 0 Å². The first-order chi connectivity index (χ1) is 14.3. The van der Waals surface area contributed by atoms with Crippen LogP contribution in [0.1, 0.15) is 6.92 Å². The molecule has 0 saturated heterocycles. The Morgan fingerprint density at radius 2 is 1.80 bits per heavy atom. The van der Waals surface area contributed by atoms with Crippen molar-refractivity contribution in [2.45, 2.75) is 13.0 Å². The summed E-state index contributed by atoms with van der Waals surface area (Å²) in [7, 11) is -3.69. The molecule has 0 unspecified atom stereocenters. The molecule has 0 radical (unpaired) electrons. The van der Waals surface area contributed by atoms with Gasteiger partial charge in [-0.25, -0.2) is 8.42 Å². The van der Waals surface area contributed by atoms with Gasteiger partial charge in [0.25, 0.3) is 0 Å². The first-order valence-corrected chi connectivity index (χ1v) is 11.6. The molecule has 0 aliphatic carbocycles. The van der Waals surface area contributed by atoms with Crippen molar-refractivity contribution in [3.8, 4) is 5.75 Å². The number of nitrogens with one attached hydrogen (secondary N) is 1. The molecule has 30 heavy (non-hydrogen) atoms. The molecular formula is C22H23ClN2O4S. The van der Waals surface area contributed by atoms with Crippen LogP contribution in [0.4, 0.5) is 5.69 Å². The molecule has 0 aliphatic heterocycles. The molecule has 6 nitrogen and oxygen atoms in total. The number of halogens is 1. The van der Waals surface area contributed by atoms with Gasteiger partial charge < -0.3 is 10.1 Å². The summed E-state index contributed by atoms with van der Waals surface area (Å²) in [6.07, 6.45) is 1.06. The van der Waals surface area contributed by atoms with Crippen LogP contribution in [0.25, 0.3) is 10.8 Å². The summed E-state index contributed by atoms with van der Waals surface area (Å²) in [5.74, 6) is 0.273. The standard InChI is InChI=1S/C22H23ClN2O4S/c1-16(25(30(2,27)28)20-9-5-8-19(23)15-20)22(26)24-12-13-29-21-11-10-17-6-3-4-7-18(17)14-21/h3-11,14-16H,12-13H2,1-2H3,(H,24,26)/t16-/m0/s1. The Morgan fingerprint density at radius 3 is 2.50 bits per heavy atom. The molecule has 0 aliphatic rings. The van der Waals surface area contributed by atoms with Gasteiger partial charge in [-0.3, -0.25) is 9.10 Å². The van der Waals surface area contributed by atoms with Crippen LogP contribution >= 0.6 is 11.6 Å². The molecule has 0 bridgehead atoms. The van der Waals surface area contributed by atoms with E-state index in [1.807, 2.05) is 42.5 Å². The van der Waals surface area contributed by atoms with Gasteiger partial charge in [0, 0.05) is 5.02 Å². The molecule has 158 valence electrons. The van der Waals surface area contributed by atoms with E-state index >= 15 is 0 Å². The number of rotatable bonds is 8. The van der Waals surface area contributed by atoms with Crippen LogP contribution < -0.4 is 14.4 Å². The van der Waals surface area contributed by atoms with Gasteiger partial charge in [-0.05, 0) is 48.0 Å². The minimum atomic E-state index is -3.69. The minimum Gasteiger partial charge on any atom is -0.492 e. The molecule has 0 fully saturated rings. The smallest absolute Gasteiger partial charge is 0.243 e. The number of carbonyl (C=O) groups excluding carboxylic acids is 1. The lowest BCUT2D eigenvalue weighted by Gasteiger charge is -2.28. The number of ether oxygens (including phenoxy) is 1. The molecular weight excluding hydrogens is 424 g/mol. The average Bonchev–Trinajstić information content (AvgIpc) is 2.70. The third kappa shape index (κ3) is 5.43. The maximum absolute atomic E-state index is 12.6. The quantitative estimate of drug-likeness (QED) is 0.533. The minimum absolute atomic E-state index is 0.239. The number of nitrogens with zero attached hydrogens (tertiary/aromatic N) is 1. The van der Waals surface area contributed by atoms with Crippen molar-refractivity contribution in [3.63, 3.8) is 0 Å². The van der Waals surface area contributed by atoms with Crippen molar-refractivity contribution in [1.29, 1.82) is 0 Å². The Bertz CT molecular complexity index is 1150. The predicted octanol–water partition coefficient (Wildman–Crippen LogP) is 3.84. The zero-order valence-electron chi connectivity index (χ0n) is 16.7. The van der Waals surface area contributed by atoms with Gasteiger partial charge in [-0.2, -0.15) is 0 Å². The van der Waals surface area contributed by atoms with Crippen LogP contribution in [0.2, 0.25) is 5.02 Å². The van der Waals surface area contributed by atoms with Crippen LogP contribution in [-0.4, -0.2) is 39.8 Å². The van der Waals surface area contributed by atoms with Crippen LogP contribution in [0.15, 0.2) is 66.7 Å². The fourth-order valence-corrected chi connectivity index (χ4v) is 4.52. The molecule has 0 saturated carbocycles. The Hall–Kier alpha value is -2.77. The summed E-state index contributed by atoms with van der Waals surface area (Å²) in [6.45, 7) is 2.03. The second-order valence-electron chi connectivity index (χ2n) is 6.86. The van der Waals surface area contributed by atoms with E-state index in [0.29, 0.717) is 16.5 Å². The van der Waals surface area contributed by atoms with Gasteiger partial charge in [0.05, 0.1) is 18.5 Å². The van der Waals surface area contributed by atoms with E-state index < -0.39 is 22.0 Å². The summed E-state index contributed by atoms with van der Waals surface area (Å²) in [6, 6.07) is 19.2. The third-order valence-corrected chi connectivity index (χ3v) is 6.02. The van der Waals surface area contributed by atoms with E-state index in [1.54, 1.807) is 18.2 Å². The van der Waals surface area contributed by atoms with E-state index in [9.17, 15) is 13.2 Å². The van der Waals surface area contributed by atoms with Gasteiger partial charge >= 0.3 is 0 Å². The van der Waals surface area contributed by atoms with Gasteiger partial charge in [0.2, 0.25) is 15.9 Å². The zero-order valence-corrected chi connectivity index (χ0v) is 18.3. The SMILES string of the molecule is C[C@@H](C(=O)NCCOc1ccc2ccccc2c1)N(c1cccc(Cl)c1)S(C)(=O)=O. The molecule has 1 atom stereocenters. The predicted molar refractivity (Wildman–Crippen MR) is 121 cm³/mol. The fraction of sp³-hybridized carbons (Fsp3) is 0.227. The number of sulfonamides is 1. The number of hydrogen-bond donors (Lipinski definition) is 1. The van der Waals surface area contributed by atoms with Crippen molar-refractivity contribution in [3.05, 3.63) is 71.8 Å². The van der Waals surface area contributed by atoms with E-state index in [0.717, 1.165) is 21.3 Å². The average molecular weight is 447 g/mol. The third-order valence-electron chi connectivity index (χ3n) is 4.54. The van der Waals surface area contributed by atoms with Crippen molar-refractivity contribution in [1.82, 2.24) is 5.32 Å². The lowest BCUT2D eigenvalue weighted by atomic mass is 10.1. The zero-order chi connectivity index (χ0) is 21.7. The van der Waals surface area contributed by atoms with E-state index in [4.69, 9.17) is 16.3 Å². The number of anilines is 1. The van der Waals surface area contributed by atoms with Crippen LogP contribution in [0, 0.1) is 0 Å². The second kappa shape index (κ2) is 9.36. The number of benzene rings is 3. The molecule has 3 aromatic rings. The van der Waals surface area contributed by atoms with Crippen LogP contribution in [0.5, 0.6) is 5.75 Å². The summed E-state index contributed by atoms with van der Waals surface area (Å²) in [4.78, 5) is 12.6. The first-order valence-electron chi connectivity index (χ1n) is 9.40. The molecule has 0 aromatic heterocycles. The van der Waals surface area contributed by atoms with E-state index in [2.05, 4.69) is 5.32 Å². The lowest BCUT2D eigenvalue weighted by molar-refractivity contribution is -0.121. The van der Waals surface area contributed by atoms with Crippen molar-refractivity contribution >= 4 is 44.0 Å². The molecule has 1 amide bonds. The number of hydrogen-bond acceptors (Lipinski definition) is 4. The summed E-state index contributed by atoms with van der Waals surface area (Å²) in [5.41, 5.74) is 0.333. The van der Waals surface area contributed by atoms with E-state index in [-0.39, 0.29) is 13.2 Å². The van der Waals surface area contributed by atoms with Crippen molar-refractivity contribution in [2.24, 2.45) is 0 Å². The van der Waals surface area contributed by atoms with Gasteiger partial charge in [0.1, 0.15) is 18.4 Å².